The Hall–Kier alpha value is -1.55. The number of carbonyl (C=O) groups is 1. The van der Waals surface area contributed by atoms with E-state index in [0.29, 0.717) is 18.5 Å². The first-order valence-corrected chi connectivity index (χ1v) is 9.43. The molecule has 0 atom stereocenters. The molecule has 1 aromatic rings. The molecular formula is C20H31N3O. The van der Waals surface area contributed by atoms with Crippen molar-refractivity contribution in [2.24, 2.45) is 0 Å². The second-order valence-electron chi connectivity index (χ2n) is 7.41. The first-order valence-electron chi connectivity index (χ1n) is 9.43. The average Bonchev–Trinajstić information content (AvgIpc) is 2.62. The third-order valence-electron chi connectivity index (χ3n) is 5.58. The van der Waals surface area contributed by atoms with Crippen molar-refractivity contribution >= 4 is 11.6 Å². The van der Waals surface area contributed by atoms with Gasteiger partial charge in [0.15, 0.2) is 0 Å². The lowest BCUT2D eigenvalue weighted by Gasteiger charge is -2.38. The zero-order valence-corrected chi connectivity index (χ0v) is 15.2. The van der Waals surface area contributed by atoms with Crippen molar-refractivity contribution in [3.63, 3.8) is 0 Å². The number of anilines is 1. The van der Waals surface area contributed by atoms with E-state index in [0.717, 1.165) is 26.2 Å². The smallest absolute Gasteiger partial charge is 0.236 e. The number of carbonyl (C=O) groups excluding carboxylic acids is 1. The summed E-state index contributed by atoms with van der Waals surface area (Å²) in [4.78, 5) is 19.3. The van der Waals surface area contributed by atoms with Crippen LogP contribution in [0.4, 0.5) is 5.69 Å². The molecule has 132 valence electrons. The molecule has 1 aromatic carbocycles. The molecule has 3 rings (SSSR count). The second-order valence-corrected chi connectivity index (χ2v) is 7.41. The minimum Gasteiger partial charge on any atom is -0.368 e. The summed E-state index contributed by atoms with van der Waals surface area (Å²) in [7, 11) is 2.12. The summed E-state index contributed by atoms with van der Waals surface area (Å²) in [5.74, 6) is 0.298. The van der Waals surface area contributed by atoms with Crippen molar-refractivity contribution in [1.82, 2.24) is 9.80 Å². The number of amides is 1. The number of nitrogens with zero attached hydrogens (tertiary/aromatic N) is 3. The number of benzene rings is 1. The summed E-state index contributed by atoms with van der Waals surface area (Å²) < 4.78 is 0. The molecule has 1 heterocycles. The molecule has 4 nitrogen and oxygen atoms in total. The zero-order chi connectivity index (χ0) is 16.9. The summed E-state index contributed by atoms with van der Waals surface area (Å²) in [6, 6.07) is 9.25. The Morgan fingerprint density at radius 1 is 1.12 bits per heavy atom. The van der Waals surface area contributed by atoms with Crippen LogP contribution in [-0.2, 0) is 4.79 Å². The predicted octanol–water partition coefficient (Wildman–Crippen LogP) is 2.91. The number of piperazine rings is 1. The van der Waals surface area contributed by atoms with Crippen molar-refractivity contribution in [1.29, 1.82) is 0 Å². The number of likely N-dealkylation sites (N-methyl/N-ethyl adjacent to an activating group) is 1. The summed E-state index contributed by atoms with van der Waals surface area (Å²) in [5, 5.41) is 0. The van der Waals surface area contributed by atoms with E-state index in [2.05, 4.69) is 48.0 Å². The Balaban J connectivity index is 1.48. The normalized spacial score (nSPS) is 19.8. The lowest BCUT2D eigenvalue weighted by atomic mass is 9.94. The average molecular weight is 329 g/mol. The van der Waals surface area contributed by atoms with E-state index in [1.807, 2.05) is 4.90 Å². The van der Waals surface area contributed by atoms with Gasteiger partial charge in [0.25, 0.3) is 0 Å². The van der Waals surface area contributed by atoms with E-state index in [4.69, 9.17) is 0 Å². The highest BCUT2D eigenvalue weighted by atomic mass is 16.2. The van der Waals surface area contributed by atoms with Gasteiger partial charge in [-0.3, -0.25) is 9.69 Å². The fourth-order valence-electron chi connectivity index (χ4n) is 4.00. The van der Waals surface area contributed by atoms with Crippen LogP contribution in [-0.4, -0.2) is 61.5 Å². The third kappa shape index (κ3) is 4.29. The van der Waals surface area contributed by atoms with Gasteiger partial charge in [-0.2, -0.15) is 0 Å². The third-order valence-corrected chi connectivity index (χ3v) is 5.58. The summed E-state index contributed by atoms with van der Waals surface area (Å²) >= 11 is 0. The number of rotatable bonds is 4. The molecule has 1 aliphatic heterocycles. The number of aryl methyl sites for hydroxylation is 1. The van der Waals surface area contributed by atoms with E-state index in [9.17, 15) is 4.79 Å². The Labute approximate surface area is 146 Å². The van der Waals surface area contributed by atoms with Crippen LogP contribution in [0.3, 0.4) is 0 Å². The standard InChI is InChI=1S/C20H31N3O/c1-17-7-6-10-19(15-17)22-11-13-23(14-12-22)20(24)16-21(2)18-8-4-3-5-9-18/h6-7,10,15,18H,3-5,8-9,11-14,16H2,1-2H3. The molecule has 0 N–H and O–H groups in total. The quantitative estimate of drug-likeness (QED) is 0.850. The van der Waals surface area contributed by atoms with Crippen LogP contribution < -0.4 is 4.90 Å². The molecule has 4 heteroatoms. The first-order chi connectivity index (χ1) is 11.6. The van der Waals surface area contributed by atoms with Gasteiger partial charge in [0, 0.05) is 37.9 Å². The van der Waals surface area contributed by atoms with E-state index in [1.165, 1.54) is 43.4 Å². The maximum absolute atomic E-state index is 12.6. The fraction of sp³-hybridized carbons (Fsp3) is 0.650. The maximum atomic E-state index is 12.6. The molecule has 24 heavy (non-hydrogen) atoms. The predicted molar refractivity (Wildman–Crippen MR) is 99.5 cm³/mol. The van der Waals surface area contributed by atoms with Crippen LogP contribution in [0.1, 0.15) is 37.7 Å². The Kier molecular flexibility index (Phi) is 5.77. The van der Waals surface area contributed by atoms with Gasteiger partial charge in [-0.1, -0.05) is 31.4 Å². The van der Waals surface area contributed by atoms with E-state index < -0.39 is 0 Å². The van der Waals surface area contributed by atoms with Crippen molar-refractivity contribution in [3.05, 3.63) is 29.8 Å². The zero-order valence-electron chi connectivity index (χ0n) is 15.2. The van der Waals surface area contributed by atoms with Crippen molar-refractivity contribution in [3.8, 4) is 0 Å². The highest BCUT2D eigenvalue weighted by Crippen LogP contribution is 2.22. The minimum atomic E-state index is 0.298. The van der Waals surface area contributed by atoms with Crippen molar-refractivity contribution in [2.75, 3.05) is 44.7 Å². The topological polar surface area (TPSA) is 26.8 Å². The van der Waals surface area contributed by atoms with Crippen LogP contribution in [0.25, 0.3) is 0 Å². The largest absolute Gasteiger partial charge is 0.368 e. The Bertz CT molecular complexity index is 546. The van der Waals surface area contributed by atoms with Crippen molar-refractivity contribution in [2.45, 2.75) is 45.1 Å². The Morgan fingerprint density at radius 3 is 2.50 bits per heavy atom. The molecule has 0 spiro atoms. The van der Waals surface area contributed by atoms with Gasteiger partial charge in [-0.15, -0.1) is 0 Å². The molecule has 0 radical (unpaired) electrons. The van der Waals surface area contributed by atoms with Gasteiger partial charge >= 0.3 is 0 Å². The Morgan fingerprint density at radius 2 is 1.83 bits per heavy atom. The summed E-state index contributed by atoms with van der Waals surface area (Å²) in [6.07, 6.45) is 6.51. The number of hydrogen-bond donors (Lipinski definition) is 0. The van der Waals surface area contributed by atoms with Gasteiger partial charge in [-0.25, -0.2) is 0 Å². The van der Waals surface area contributed by atoms with Crippen LogP contribution in [0.15, 0.2) is 24.3 Å². The monoisotopic (exact) mass is 329 g/mol. The van der Waals surface area contributed by atoms with Crippen molar-refractivity contribution < 1.29 is 4.79 Å². The van der Waals surface area contributed by atoms with Gasteiger partial charge in [-0.05, 0) is 44.5 Å². The van der Waals surface area contributed by atoms with Gasteiger partial charge < -0.3 is 9.80 Å². The maximum Gasteiger partial charge on any atom is 0.236 e. The van der Waals surface area contributed by atoms with E-state index >= 15 is 0 Å². The molecule has 2 aliphatic rings. The molecular weight excluding hydrogens is 298 g/mol. The molecule has 1 amide bonds. The highest BCUT2D eigenvalue weighted by molar-refractivity contribution is 5.78. The molecule has 0 bridgehead atoms. The first kappa shape index (κ1) is 17.3. The van der Waals surface area contributed by atoms with Crippen LogP contribution in [0, 0.1) is 6.92 Å². The van der Waals surface area contributed by atoms with Crippen LogP contribution >= 0.6 is 0 Å². The fourth-order valence-corrected chi connectivity index (χ4v) is 4.00. The van der Waals surface area contributed by atoms with Crippen LogP contribution in [0.5, 0.6) is 0 Å². The van der Waals surface area contributed by atoms with E-state index in [-0.39, 0.29) is 0 Å². The molecule has 0 aromatic heterocycles. The van der Waals surface area contributed by atoms with Crippen LogP contribution in [0.2, 0.25) is 0 Å². The van der Waals surface area contributed by atoms with Gasteiger partial charge in [0.2, 0.25) is 5.91 Å². The minimum absolute atomic E-state index is 0.298. The highest BCUT2D eigenvalue weighted by Gasteiger charge is 2.25. The second kappa shape index (κ2) is 8.02. The molecule has 1 saturated heterocycles. The summed E-state index contributed by atoms with van der Waals surface area (Å²) in [6.45, 7) is 6.25. The summed E-state index contributed by atoms with van der Waals surface area (Å²) in [5.41, 5.74) is 2.57. The van der Waals surface area contributed by atoms with E-state index in [1.54, 1.807) is 0 Å². The van der Waals surface area contributed by atoms with Gasteiger partial charge in [0.1, 0.15) is 0 Å². The SMILES string of the molecule is Cc1cccc(N2CCN(C(=O)CN(C)C3CCCCC3)CC2)c1. The molecule has 1 saturated carbocycles. The molecule has 2 fully saturated rings. The van der Waals surface area contributed by atoms with Gasteiger partial charge in [0.05, 0.1) is 6.54 Å². The molecule has 0 unspecified atom stereocenters. The lowest BCUT2D eigenvalue weighted by molar-refractivity contribution is -0.133. The number of hydrogen-bond acceptors (Lipinski definition) is 3. The lowest BCUT2D eigenvalue weighted by Crippen LogP contribution is -2.52. The molecule has 1 aliphatic carbocycles.